The Kier molecular flexibility index (Phi) is 2.48. The van der Waals surface area contributed by atoms with E-state index in [1.165, 1.54) is 6.42 Å². The number of rotatable bonds is 2. The van der Waals surface area contributed by atoms with Gasteiger partial charge in [0.15, 0.2) is 5.78 Å². The van der Waals surface area contributed by atoms with E-state index in [0.29, 0.717) is 6.61 Å². The van der Waals surface area contributed by atoms with Gasteiger partial charge in [0, 0.05) is 12.0 Å². The molecule has 0 spiro atoms. The fourth-order valence-corrected chi connectivity index (χ4v) is 1.80. The molecule has 13 heavy (non-hydrogen) atoms. The Morgan fingerprint density at radius 2 is 2.15 bits per heavy atom. The van der Waals surface area contributed by atoms with Crippen LogP contribution < -0.4 is 0 Å². The Hall–Kier alpha value is -1.05. The molecule has 0 atom stereocenters. The first-order chi connectivity index (χ1) is 6.38. The zero-order valence-electron chi connectivity index (χ0n) is 7.71. The van der Waals surface area contributed by atoms with E-state index in [1.54, 1.807) is 6.26 Å². The molecule has 1 aliphatic heterocycles. The van der Waals surface area contributed by atoms with Gasteiger partial charge in [0.1, 0.15) is 0 Å². The molecule has 0 saturated carbocycles. The van der Waals surface area contributed by atoms with E-state index in [-0.39, 0.29) is 5.78 Å². The maximum Gasteiger partial charge on any atom is 0.187 e. The van der Waals surface area contributed by atoms with Crippen molar-refractivity contribution in [2.75, 3.05) is 6.61 Å². The van der Waals surface area contributed by atoms with Crippen LogP contribution in [0.2, 0.25) is 0 Å². The fourth-order valence-electron chi connectivity index (χ4n) is 1.80. The highest BCUT2D eigenvalue weighted by atomic mass is 16.5. The third-order valence-electron chi connectivity index (χ3n) is 2.59. The van der Waals surface area contributed by atoms with Crippen LogP contribution in [0.25, 0.3) is 0 Å². The number of ketones is 1. The van der Waals surface area contributed by atoms with Crippen LogP contribution in [-0.2, 0) is 9.53 Å². The van der Waals surface area contributed by atoms with Crippen LogP contribution in [0.5, 0.6) is 0 Å². The molecule has 1 heterocycles. The summed E-state index contributed by atoms with van der Waals surface area (Å²) in [6, 6.07) is 0. The highest BCUT2D eigenvalue weighted by Gasteiger charge is 2.19. The van der Waals surface area contributed by atoms with Gasteiger partial charge in [-0.2, -0.15) is 0 Å². The monoisotopic (exact) mass is 178 g/mol. The number of carbonyl (C=O) groups is 1. The zero-order chi connectivity index (χ0) is 9.10. The molecular weight excluding hydrogens is 164 g/mol. The van der Waals surface area contributed by atoms with Crippen molar-refractivity contribution < 1.29 is 9.53 Å². The minimum atomic E-state index is 0.220. The van der Waals surface area contributed by atoms with E-state index < -0.39 is 0 Å². The summed E-state index contributed by atoms with van der Waals surface area (Å²) in [6.07, 6.45) is 8.91. The van der Waals surface area contributed by atoms with Gasteiger partial charge in [0.05, 0.1) is 12.9 Å². The Morgan fingerprint density at radius 3 is 2.77 bits per heavy atom. The SMILES string of the molecule is O=C(C1=CCCCC1)C1=COCC1. The molecule has 0 amide bonds. The minimum Gasteiger partial charge on any atom is -0.500 e. The smallest absolute Gasteiger partial charge is 0.187 e. The molecule has 0 unspecified atom stereocenters. The van der Waals surface area contributed by atoms with Gasteiger partial charge in [-0.15, -0.1) is 0 Å². The lowest BCUT2D eigenvalue weighted by molar-refractivity contribution is -0.112. The van der Waals surface area contributed by atoms with Gasteiger partial charge < -0.3 is 4.74 Å². The molecule has 2 aliphatic rings. The van der Waals surface area contributed by atoms with Crippen molar-refractivity contribution in [1.82, 2.24) is 0 Å². The summed E-state index contributed by atoms with van der Waals surface area (Å²) in [4.78, 5) is 11.8. The Labute approximate surface area is 78.3 Å². The molecule has 0 N–H and O–H groups in total. The Morgan fingerprint density at radius 1 is 1.23 bits per heavy atom. The normalized spacial score (nSPS) is 21.8. The molecule has 2 heteroatoms. The topological polar surface area (TPSA) is 26.3 Å². The van der Waals surface area contributed by atoms with Gasteiger partial charge in [-0.1, -0.05) is 6.08 Å². The molecule has 0 aromatic carbocycles. The zero-order valence-corrected chi connectivity index (χ0v) is 7.71. The van der Waals surface area contributed by atoms with E-state index in [4.69, 9.17) is 4.74 Å². The van der Waals surface area contributed by atoms with E-state index in [2.05, 4.69) is 6.08 Å². The summed E-state index contributed by atoms with van der Waals surface area (Å²) in [5, 5.41) is 0. The first-order valence-corrected chi connectivity index (χ1v) is 4.92. The molecule has 0 fully saturated rings. The average molecular weight is 178 g/mol. The number of ether oxygens (including phenoxy) is 1. The first kappa shape index (κ1) is 8.54. The highest BCUT2D eigenvalue weighted by Crippen LogP contribution is 2.23. The summed E-state index contributed by atoms with van der Waals surface area (Å²) in [5.41, 5.74) is 1.86. The van der Waals surface area contributed by atoms with Gasteiger partial charge in [0.25, 0.3) is 0 Å². The van der Waals surface area contributed by atoms with Crippen LogP contribution in [0.15, 0.2) is 23.5 Å². The van der Waals surface area contributed by atoms with Gasteiger partial charge in [0.2, 0.25) is 0 Å². The van der Waals surface area contributed by atoms with E-state index in [9.17, 15) is 4.79 Å². The van der Waals surface area contributed by atoms with E-state index in [0.717, 1.165) is 36.8 Å². The van der Waals surface area contributed by atoms with Crippen molar-refractivity contribution in [2.24, 2.45) is 0 Å². The van der Waals surface area contributed by atoms with Gasteiger partial charge >= 0.3 is 0 Å². The molecule has 0 bridgehead atoms. The Bertz CT molecular complexity index is 274. The lowest BCUT2D eigenvalue weighted by atomic mass is 9.93. The molecule has 70 valence electrons. The summed E-state index contributed by atoms with van der Waals surface area (Å²) < 4.78 is 5.06. The third kappa shape index (κ3) is 1.82. The van der Waals surface area contributed by atoms with Crippen molar-refractivity contribution in [3.05, 3.63) is 23.5 Å². The largest absolute Gasteiger partial charge is 0.500 e. The van der Waals surface area contributed by atoms with Crippen molar-refractivity contribution in [3.63, 3.8) is 0 Å². The van der Waals surface area contributed by atoms with E-state index >= 15 is 0 Å². The molecule has 0 radical (unpaired) electrons. The van der Waals surface area contributed by atoms with Crippen LogP contribution >= 0.6 is 0 Å². The Balaban J connectivity index is 2.07. The predicted molar refractivity (Wildman–Crippen MR) is 50.2 cm³/mol. The number of hydrogen-bond acceptors (Lipinski definition) is 2. The number of Topliss-reactive ketones (excluding diaryl/α,β-unsaturated/α-hetero) is 1. The maximum atomic E-state index is 11.8. The van der Waals surface area contributed by atoms with Gasteiger partial charge in [-0.05, 0) is 31.3 Å². The minimum absolute atomic E-state index is 0.220. The quantitative estimate of drug-likeness (QED) is 0.648. The van der Waals surface area contributed by atoms with Crippen molar-refractivity contribution in [3.8, 4) is 0 Å². The summed E-state index contributed by atoms with van der Waals surface area (Å²) in [7, 11) is 0. The number of allylic oxidation sites excluding steroid dienone is 2. The summed E-state index contributed by atoms with van der Waals surface area (Å²) in [6.45, 7) is 0.675. The van der Waals surface area contributed by atoms with Crippen molar-refractivity contribution in [1.29, 1.82) is 0 Å². The first-order valence-electron chi connectivity index (χ1n) is 4.92. The molecule has 1 aliphatic carbocycles. The predicted octanol–water partition coefficient (Wildman–Crippen LogP) is 2.36. The van der Waals surface area contributed by atoms with Crippen LogP contribution in [0, 0.1) is 0 Å². The van der Waals surface area contributed by atoms with Crippen molar-refractivity contribution in [2.45, 2.75) is 32.1 Å². The van der Waals surface area contributed by atoms with Crippen LogP contribution in [0.3, 0.4) is 0 Å². The molecule has 2 nitrogen and oxygen atoms in total. The second kappa shape index (κ2) is 3.77. The fraction of sp³-hybridized carbons (Fsp3) is 0.545. The summed E-state index contributed by atoms with van der Waals surface area (Å²) >= 11 is 0. The molecule has 0 aromatic heterocycles. The third-order valence-corrected chi connectivity index (χ3v) is 2.59. The van der Waals surface area contributed by atoms with Crippen LogP contribution in [0.4, 0.5) is 0 Å². The highest BCUT2D eigenvalue weighted by molar-refractivity contribution is 6.08. The van der Waals surface area contributed by atoms with Gasteiger partial charge in [-0.3, -0.25) is 4.79 Å². The number of hydrogen-bond donors (Lipinski definition) is 0. The van der Waals surface area contributed by atoms with Crippen LogP contribution in [0.1, 0.15) is 32.1 Å². The molecular formula is C11H14O2. The van der Waals surface area contributed by atoms with Crippen molar-refractivity contribution >= 4 is 5.78 Å². The standard InChI is InChI=1S/C11H14O2/c12-11(10-6-7-13-8-10)9-4-2-1-3-5-9/h4,8H,1-3,5-7H2. The lowest BCUT2D eigenvalue weighted by Crippen LogP contribution is -2.07. The maximum absolute atomic E-state index is 11.8. The van der Waals surface area contributed by atoms with E-state index in [1.807, 2.05) is 0 Å². The second-order valence-electron chi connectivity index (χ2n) is 3.57. The number of carbonyl (C=O) groups excluding carboxylic acids is 1. The lowest BCUT2D eigenvalue weighted by Gasteiger charge is -2.10. The molecule has 0 saturated heterocycles. The molecule has 2 rings (SSSR count). The van der Waals surface area contributed by atoms with Crippen LogP contribution in [-0.4, -0.2) is 12.4 Å². The second-order valence-corrected chi connectivity index (χ2v) is 3.57. The average Bonchev–Trinajstić information content (AvgIpc) is 2.71. The molecule has 0 aromatic rings. The summed E-state index contributed by atoms with van der Waals surface area (Å²) in [5.74, 6) is 0.220. The van der Waals surface area contributed by atoms with Gasteiger partial charge in [-0.25, -0.2) is 0 Å².